The van der Waals surface area contributed by atoms with Gasteiger partial charge >= 0.3 is 16.2 Å². The van der Waals surface area contributed by atoms with Gasteiger partial charge in [0.25, 0.3) is 0 Å². The molecule has 8 heteroatoms. The van der Waals surface area contributed by atoms with E-state index in [9.17, 15) is 27.0 Å². The van der Waals surface area contributed by atoms with Gasteiger partial charge in [-0.2, -0.15) is 8.42 Å². The summed E-state index contributed by atoms with van der Waals surface area (Å²) in [5.41, 5.74) is 0. The van der Waals surface area contributed by atoms with Crippen molar-refractivity contribution in [1.29, 1.82) is 0 Å². The Morgan fingerprint density at radius 3 is 2.45 bits per heavy atom. The van der Waals surface area contributed by atoms with Crippen molar-refractivity contribution in [3.8, 4) is 0 Å². The van der Waals surface area contributed by atoms with Crippen molar-refractivity contribution >= 4 is 22.1 Å². The standard InChI is InChI=1S/C14H22FNO5S/c15-22(20,21)9-11-7-13(17)16(8-11)12(14(18)19)6-10-4-2-1-3-5-10/h10-12H,1-9H2,(H,18,19)/t11?,12-/m0/s1. The molecule has 0 aromatic heterocycles. The number of likely N-dealkylation sites (tertiary alicyclic amines) is 1. The number of carbonyl (C=O) groups excluding carboxylic acids is 1. The molecule has 126 valence electrons. The van der Waals surface area contributed by atoms with E-state index in [0.717, 1.165) is 32.1 Å². The van der Waals surface area contributed by atoms with Gasteiger partial charge in [-0.15, -0.1) is 3.89 Å². The average molecular weight is 335 g/mol. The Labute approximate surface area is 129 Å². The summed E-state index contributed by atoms with van der Waals surface area (Å²) >= 11 is 0. The van der Waals surface area contributed by atoms with Crippen molar-refractivity contribution in [2.24, 2.45) is 11.8 Å². The lowest BCUT2D eigenvalue weighted by Gasteiger charge is -2.30. The number of aliphatic carboxylic acids is 1. The monoisotopic (exact) mass is 335 g/mol. The Kier molecular flexibility index (Phi) is 5.41. The van der Waals surface area contributed by atoms with Crippen LogP contribution < -0.4 is 0 Å². The molecule has 0 spiro atoms. The molecule has 0 bridgehead atoms. The third-order valence-corrected chi connectivity index (χ3v) is 5.49. The number of rotatable bonds is 6. The van der Waals surface area contributed by atoms with Gasteiger partial charge in [0.15, 0.2) is 0 Å². The molecule has 1 saturated carbocycles. The summed E-state index contributed by atoms with van der Waals surface area (Å²) in [5, 5.41) is 9.41. The Morgan fingerprint density at radius 1 is 1.27 bits per heavy atom. The first-order chi connectivity index (χ1) is 10.3. The second kappa shape index (κ2) is 6.93. The van der Waals surface area contributed by atoms with Gasteiger partial charge < -0.3 is 10.0 Å². The zero-order valence-corrected chi connectivity index (χ0v) is 13.2. The molecular formula is C14H22FNO5S. The summed E-state index contributed by atoms with van der Waals surface area (Å²) < 4.78 is 34.2. The molecule has 1 saturated heterocycles. The number of carboxylic acid groups (broad SMARTS) is 1. The van der Waals surface area contributed by atoms with Crippen LogP contribution in [0.15, 0.2) is 0 Å². The Hall–Kier alpha value is -1.18. The molecule has 2 fully saturated rings. The SMILES string of the molecule is O=C(O)[C@H](CC1CCCCC1)N1CC(CS(=O)(=O)F)CC1=O. The van der Waals surface area contributed by atoms with Crippen molar-refractivity contribution < 1.29 is 27.0 Å². The molecular weight excluding hydrogens is 313 g/mol. The molecule has 22 heavy (non-hydrogen) atoms. The number of carbonyl (C=O) groups is 2. The Morgan fingerprint density at radius 2 is 1.91 bits per heavy atom. The van der Waals surface area contributed by atoms with E-state index in [4.69, 9.17) is 0 Å². The van der Waals surface area contributed by atoms with E-state index < -0.39 is 39.8 Å². The first-order valence-electron chi connectivity index (χ1n) is 7.71. The van der Waals surface area contributed by atoms with E-state index in [1.54, 1.807) is 0 Å². The number of halogens is 1. The van der Waals surface area contributed by atoms with Crippen LogP contribution in [0, 0.1) is 11.8 Å². The average Bonchev–Trinajstić information content (AvgIpc) is 2.75. The molecule has 1 heterocycles. The van der Waals surface area contributed by atoms with Crippen molar-refractivity contribution in [3.05, 3.63) is 0 Å². The van der Waals surface area contributed by atoms with Crippen molar-refractivity contribution in [1.82, 2.24) is 4.90 Å². The zero-order chi connectivity index (χ0) is 16.3. The maximum absolute atomic E-state index is 12.8. The van der Waals surface area contributed by atoms with Crippen LogP contribution in [0.5, 0.6) is 0 Å². The normalized spacial score (nSPS) is 25.4. The van der Waals surface area contributed by atoms with E-state index in [0.29, 0.717) is 6.42 Å². The Bertz CT molecular complexity index is 529. The first kappa shape index (κ1) is 17.2. The molecule has 2 atom stereocenters. The maximum Gasteiger partial charge on any atom is 0.326 e. The lowest BCUT2D eigenvalue weighted by Crippen LogP contribution is -2.43. The minimum absolute atomic E-state index is 0.00562. The molecule has 0 aromatic carbocycles. The van der Waals surface area contributed by atoms with Crippen molar-refractivity contribution in [2.75, 3.05) is 12.3 Å². The second-order valence-corrected chi connectivity index (χ2v) is 7.83. The number of hydrogen-bond donors (Lipinski definition) is 1. The fraction of sp³-hybridized carbons (Fsp3) is 0.857. The van der Waals surface area contributed by atoms with Crippen LogP contribution in [0.4, 0.5) is 3.89 Å². The van der Waals surface area contributed by atoms with Crippen LogP contribution in [-0.4, -0.2) is 48.6 Å². The molecule has 0 radical (unpaired) electrons. The largest absolute Gasteiger partial charge is 0.480 e. The lowest BCUT2D eigenvalue weighted by atomic mass is 9.84. The van der Waals surface area contributed by atoms with Gasteiger partial charge in [0.1, 0.15) is 6.04 Å². The van der Waals surface area contributed by atoms with Crippen LogP contribution in [-0.2, 0) is 19.8 Å². The smallest absolute Gasteiger partial charge is 0.326 e. The van der Waals surface area contributed by atoms with Gasteiger partial charge in [0.05, 0.1) is 5.75 Å². The fourth-order valence-electron chi connectivity index (χ4n) is 3.60. The summed E-state index contributed by atoms with van der Waals surface area (Å²) in [6.45, 7) is 0.00562. The van der Waals surface area contributed by atoms with Crippen LogP contribution in [0.2, 0.25) is 0 Å². The second-order valence-electron chi connectivity index (χ2n) is 6.42. The Balaban J connectivity index is 2.01. The predicted octanol–water partition coefficient (Wildman–Crippen LogP) is 1.56. The van der Waals surface area contributed by atoms with E-state index in [1.807, 2.05) is 0 Å². The quantitative estimate of drug-likeness (QED) is 0.744. The number of carboxylic acids is 1. The van der Waals surface area contributed by atoms with Gasteiger partial charge in [-0.05, 0) is 12.3 Å². The molecule has 1 amide bonds. The highest BCUT2D eigenvalue weighted by molar-refractivity contribution is 7.86. The zero-order valence-electron chi connectivity index (χ0n) is 12.4. The predicted molar refractivity (Wildman–Crippen MR) is 77.3 cm³/mol. The van der Waals surface area contributed by atoms with Crippen LogP contribution >= 0.6 is 0 Å². The van der Waals surface area contributed by atoms with E-state index >= 15 is 0 Å². The van der Waals surface area contributed by atoms with E-state index in [1.165, 1.54) is 4.90 Å². The van der Waals surface area contributed by atoms with Gasteiger partial charge in [-0.25, -0.2) is 4.79 Å². The summed E-state index contributed by atoms with van der Waals surface area (Å²) in [6, 6.07) is -0.928. The van der Waals surface area contributed by atoms with Gasteiger partial charge in [0.2, 0.25) is 5.91 Å². The highest BCUT2D eigenvalue weighted by atomic mass is 32.3. The minimum Gasteiger partial charge on any atom is -0.480 e. The number of hydrogen-bond acceptors (Lipinski definition) is 4. The van der Waals surface area contributed by atoms with E-state index in [2.05, 4.69) is 0 Å². The maximum atomic E-state index is 12.8. The fourth-order valence-corrected chi connectivity index (χ4v) is 4.39. The topological polar surface area (TPSA) is 91.8 Å². The van der Waals surface area contributed by atoms with Crippen LogP contribution in [0.3, 0.4) is 0 Å². The van der Waals surface area contributed by atoms with Crippen molar-refractivity contribution in [2.45, 2.75) is 51.0 Å². The number of nitrogens with zero attached hydrogens (tertiary/aromatic N) is 1. The van der Waals surface area contributed by atoms with E-state index in [-0.39, 0.29) is 18.9 Å². The highest BCUT2D eigenvalue weighted by Gasteiger charge is 2.40. The molecule has 6 nitrogen and oxygen atoms in total. The summed E-state index contributed by atoms with van der Waals surface area (Å²) in [5.74, 6) is -2.55. The molecule has 2 rings (SSSR count). The molecule has 1 unspecified atom stereocenters. The van der Waals surface area contributed by atoms with Crippen LogP contribution in [0.1, 0.15) is 44.9 Å². The van der Waals surface area contributed by atoms with Crippen LogP contribution in [0.25, 0.3) is 0 Å². The minimum atomic E-state index is -4.65. The third kappa shape index (κ3) is 4.66. The third-order valence-electron chi connectivity index (χ3n) is 4.62. The highest BCUT2D eigenvalue weighted by Crippen LogP contribution is 2.31. The molecule has 0 aromatic rings. The van der Waals surface area contributed by atoms with Gasteiger partial charge in [-0.3, -0.25) is 4.79 Å². The van der Waals surface area contributed by atoms with Gasteiger partial charge in [0, 0.05) is 18.9 Å². The summed E-state index contributed by atoms with van der Waals surface area (Å²) in [4.78, 5) is 24.7. The molecule has 2 aliphatic rings. The first-order valence-corrected chi connectivity index (χ1v) is 9.26. The lowest BCUT2D eigenvalue weighted by molar-refractivity contribution is -0.149. The van der Waals surface area contributed by atoms with Crippen molar-refractivity contribution in [3.63, 3.8) is 0 Å². The summed E-state index contributed by atoms with van der Waals surface area (Å²) in [7, 11) is -4.65. The molecule has 1 aliphatic heterocycles. The van der Waals surface area contributed by atoms with Gasteiger partial charge in [-0.1, -0.05) is 32.1 Å². The summed E-state index contributed by atoms with van der Waals surface area (Å²) in [6.07, 6.45) is 5.55. The molecule has 1 aliphatic carbocycles. The molecule has 1 N–H and O–H groups in total. The number of amides is 1.